The number of amides is 1. The van der Waals surface area contributed by atoms with Crippen LogP contribution in [-0.2, 0) is 0 Å². The fourth-order valence-electron chi connectivity index (χ4n) is 3.03. The third-order valence-corrected chi connectivity index (χ3v) is 4.74. The lowest BCUT2D eigenvalue weighted by Crippen LogP contribution is -2.38. The molecule has 0 unspecified atom stereocenters. The summed E-state index contributed by atoms with van der Waals surface area (Å²) in [5, 5.41) is 8.66. The van der Waals surface area contributed by atoms with Crippen LogP contribution in [0.2, 0.25) is 5.02 Å². The van der Waals surface area contributed by atoms with Gasteiger partial charge in [0.05, 0.1) is 16.8 Å². The van der Waals surface area contributed by atoms with Crippen molar-refractivity contribution in [3.8, 4) is 11.7 Å². The first-order valence-electron chi connectivity index (χ1n) is 8.13. The molecule has 1 aliphatic heterocycles. The number of aromatic nitrogens is 2. The molecule has 1 fully saturated rings. The Labute approximate surface area is 149 Å². The second kappa shape index (κ2) is 6.72. The molecule has 1 aromatic carbocycles. The van der Waals surface area contributed by atoms with Gasteiger partial charge >= 0.3 is 0 Å². The van der Waals surface area contributed by atoms with Crippen LogP contribution in [0.15, 0.2) is 51.5 Å². The number of piperidine rings is 1. The number of likely N-dealkylation sites (tertiary alicyclic amines) is 1. The molecule has 0 atom stereocenters. The maximum Gasteiger partial charge on any atom is 0.283 e. The summed E-state index contributed by atoms with van der Waals surface area (Å²) in [6.07, 6.45) is 3.12. The Balaban J connectivity index is 1.42. The van der Waals surface area contributed by atoms with Gasteiger partial charge in [-0.25, -0.2) is 0 Å². The minimum atomic E-state index is -0.0362. The van der Waals surface area contributed by atoms with Gasteiger partial charge in [0.25, 0.3) is 11.8 Å². The smallest absolute Gasteiger partial charge is 0.283 e. The predicted molar refractivity (Wildman–Crippen MR) is 91.3 cm³/mol. The monoisotopic (exact) mass is 357 g/mol. The molecule has 3 aromatic rings. The van der Waals surface area contributed by atoms with E-state index in [2.05, 4.69) is 10.2 Å². The number of hydrogen-bond donors (Lipinski definition) is 0. The first kappa shape index (κ1) is 15.9. The highest BCUT2D eigenvalue weighted by Crippen LogP contribution is 2.30. The zero-order valence-electron chi connectivity index (χ0n) is 13.4. The van der Waals surface area contributed by atoms with Crippen LogP contribution < -0.4 is 0 Å². The van der Waals surface area contributed by atoms with Crippen LogP contribution in [-0.4, -0.2) is 34.1 Å². The van der Waals surface area contributed by atoms with Gasteiger partial charge in [0.1, 0.15) is 0 Å². The lowest BCUT2D eigenvalue weighted by molar-refractivity contribution is 0.0706. The van der Waals surface area contributed by atoms with E-state index in [0.29, 0.717) is 41.2 Å². The first-order valence-corrected chi connectivity index (χ1v) is 8.51. The minimum Gasteiger partial charge on any atom is -0.459 e. The number of carbonyl (C=O) groups excluding carboxylic acids is 1. The van der Waals surface area contributed by atoms with E-state index in [1.807, 2.05) is 17.0 Å². The maximum atomic E-state index is 12.6. The highest BCUT2D eigenvalue weighted by Gasteiger charge is 2.28. The molecule has 0 bridgehead atoms. The van der Waals surface area contributed by atoms with Gasteiger partial charge in [0, 0.05) is 19.0 Å². The highest BCUT2D eigenvalue weighted by molar-refractivity contribution is 6.33. The average molecular weight is 358 g/mol. The standard InChI is InChI=1S/C18H16ClN3O3/c19-14-5-2-1-4-13(14)18(23)22-9-7-12(8-10-22)16-20-21-17(25-16)15-6-3-11-24-15/h1-6,11-12H,7-10H2. The van der Waals surface area contributed by atoms with Crippen LogP contribution in [0.4, 0.5) is 0 Å². The van der Waals surface area contributed by atoms with Crippen molar-refractivity contribution in [3.63, 3.8) is 0 Å². The molecular weight excluding hydrogens is 342 g/mol. The van der Waals surface area contributed by atoms with E-state index in [9.17, 15) is 4.79 Å². The Morgan fingerprint density at radius 1 is 1.12 bits per heavy atom. The molecule has 1 amide bonds. The van der Waals surface area contributed by atoms with Crippen LogP contribution in [0.5, 0.6) is 0 Å². The van der Waals surface area contributed by atoms with Crippen molar-refractivity contribution < 1.29 is 13.6 Å². The molecule has 0 saturated carbocycles. The molecule has 0 aliphatic carbocycles. The lowest BCUT2D eigenvalue weighted by atomic mass is 9.96. The van der Waals surface area contributed by atoms with E-state index in [4.69, 9.17) is 20.4 Å². The normalized spacial score (nSPS) is 15.5. The van der Waals surface area contributed by atoms with Gasteiger partial charge < -0.3 is 13.7 Å². The average Bonchev–Trinajstić information content (AvgIpc) is 3.33. The summed E-state index contributed by atoms with van der Waals surface area (Å²) in [6.45, 7) is 1.26. The summed E-state index contributed by atoms with van der Waals surface area (Å²) in [6, 6.07) is 10.7. The minimum absolute atomic E-state index is 0.0362. The Hall–Kier alpha value is -2.60. The molecule has 0 radical (unpaired) electrons. The Morgan fingerprint density at radius 3 is 2.64 bits per heavy atom. The van der Waals surface area contributed by atoms with Crippen molar-refractivity contribution in [1.29, 1.82) is 0 Å². The summed E-state index contributed by atoms with van der Waals surface area (Å²) < 4.78 is 11.0. The number of nitrogens with zero attached hydrogens (tertiary/aromatic N) is 3. The molecule has 7 heteroatoms. The quantitative estimate of drug-likeness (QED) is 0.708. The molecule has 1 aliphatic rings. The first-order chi connectivity index (χ1) is 12.2. The summed E-state index contributed by atoms with van der Waals surface area (Å²) >= 11 is 6.12. The van der Waals surface area contributed by atoms with Crippen molar-refractivity contribution in [2.75, 3.05) is 13.1 Å². The SMILES string of the molecule is O=C(c1ccccc1Cl)N1CCC(c2nnc(-c3ccco3)o2)CC1. The third kappa shape index (κ3) is 3.17. The molecule has 4 rings (SSSR count). The van der Waals surface area contributed by atoms with Crippen LogP contribution in [0.1, 0.15) is 35.0 Å². The van der Waals surface area contributed by atoms with Gasteiger partial charge in [-0.05, 0) is 37.1 Å². The van der Waals surface area contributed by atoms with Crippen LogP contribution in [0, 0.1) is 0 Å². The second-order valence-electron chi connectivity index (χ2n) is 5.97. The summed E-state index contributed by atoms with van der Waals surface area (Å²) in [5.74, 6) is 1.65. The van der Waals surface area contributed by atoms with Crippen LogP contribution >= 0.6 is 11.6 Å². The fourth-order valence-corrected chi connectivity index (χ4v) is 3.25. The number of rotatable bonds is 3. The Morgan fingerprint density at radius 2 is 1.92 bits per heavy atom. The zero-order valence-corrected chi connectivity index (χ0v) is 14.1. The van der Waals surface area contributed by atoms with Gasteiger partial charge in [0.2, 0.25) is 5.89 Å². The van der Waals surface area contributed by atoms with Crippen molar-refractivity contribution in [1.82, 2.24) is 15.1 Å². The predicted octanol–water partition coefficient (Wildman–Crippen LogP) is 4.00. The molecule has 6 nitrogen and oxygen atoms in total. The maximum absolute atomic E-state index is 12.6. The van der Waals surface area contributed by atoms with Crippen molar-refractivity contribution in [2.45, 2.75) is 18.8 Å². The molecule has 0 spiro atoms. The number of benzene rings is 1. The molecule has 1 saturated heterocycles. The summed E-state index contributed by atoms with van der Waals surface area (Å²) in [4.78, 5) is 14.4. The molecule has 2 aromatic heterocycles. The molecular formula is C18H16ClN3O3. The number of furan rings is 1. The molecule has 25 heavy (non-hydrogen) atoms. The number of halogens is 1. The van der Waals surface area contributed by atoms with Crippen LogP contribution in [0.3, 0.4) is 0 Å². The van der Waals surface area contributed by atoms with Gasteiger partial charge in [-0.15, -0.1) is 10.2 Å². The zero-order chi connectivity index (χ0) is 17.2. The second-order valence-corrected chi connectivity index (χ2v) is 6.38. The highest BCUT2D eigenvalue weighted by atomic mass is 35.5. The van der Waals surface area contributed by atoms with E-state index in [1.54, 1.807) is 30.5 Å². The van der Waals surface area contributed by atoms with Gasteiger partial charge in [-0.3, -0.25) is 4.79 Å². The Bertz CT molecular complexity index is 867. The van der Waals surface area contributed by atoms with Gasteiger partial charge in [-0.1, -0.05) is 23.7 Å². The van der Waals surface area contributed by atoms with E-state index in [-0.39, 0.29) is 11.8 Å². The fraction of sp³-hybridized carbons (Fsp3) is 0.278. The number of hydrogen-bond acceptors (Lipinski definition) is 5. The van der Waals surface area contributed by atoms with Crippen LogP contribution in [0.25, 0.3) is 11.7 Å². The molecule has 128 valence electrons. The third-order valence-electron chi connectivity index (χ3n) is 4.41. The van der Waals surface area contributed by atoms with E-state index in [0.717, 1.165) is 12.8 Å². The van der Waals surface area contributed by atoms with Crippen molar-refractivity contribution >= 4 is 17.5 Å². The van der Waals surface area contributed by atoms with Crippen molar-refractivity contribution in [2.24, 2.45) is 0 Å². The molecule has 3 heterocycles. The molecule has 0 N–H and O–H groups in total. The summed E-state index contributed by atoms with van der Waals surface area (Å²) in [7, 11) is 0. The van der Waals surface area contributed by atoms with Gasteiger partial charge in [-0.2, -0.15) is 0 Å². The van der Waals surface area contributed by atoms with Crippen molar-refractivity contribution in [3.05, 3.63) is 59.1 Å². The Kier molecular flexibility index (Phi) is 4.28. The largest absolute Gasteiger partial charge is 0.459 e. The van der Waals surface area contributed by atoms with E-state index in [1.165, 1.54) is 0 Å². The van der Waals surface area contributed by atoms with Gasteiger partial charge in [0.15, 0.2) is 5.76 Å². The number of carbonyl (C=O) groups is 1. The lowest BCUT2D eigenvalue weighted by Gasteiger charge is -2.30. The topological polar surface area (TPSA) is 72.4 Å². The summed E-state index contributed by atoms with van der Waals surface area (Å²) in [5.41, 5.74) is 0.542. The van der Waals surface area contributed by atoms with E-state index < -0.39 is 0 Å². The van der Waals surface area contributed by atoms with E-state index >= 15 is 0 Å².